The molecular weight excluding hydrogens is 164 g/mol. The third kappa shape index (κ3) is 2.83. The van der Waals surface area contributed by atoms with Crippen molar-refractivity contribution in [3.63, 3.8) is 0 Å². The van der Waals surface area contributed by atoms with Gasteiger partial charge in [-0.25, -0.2) is 5.84 Å². The number of amidine groups is 1. The molecule has 0 amide bonds. The number of hydrogen-bond donors (Lipinski definition) is 2. The lowest BCUT2D eigenvalue weighted by atomic mass is 10.2. The van der Waals surface area contributed by atoms with E-state index in [1.165, 1.54) is 0 Å². The molecule has 0 aliphatic carbocycles. The van der Waals surface area contributed by atoms with Crippen LogP contribution in [-0.4, -0.2) is 16.9 Å². The van der Waals surface area contributed by atoms with Gasteiger partial charge >= 0.3 is 0 Å². The Balaban J connectivity index is 2.91. The third-order valence-electron chi connectivity index (χ3n) is 1.48. The number of nitrogens with zero attached hydrogens (tertiary/aromatic N) is 2. The lowest BCUT2D eigenvalue weighted by Crippen LogP contribution is -2.31. The number of nitrogens with one attached hydrogen (secondary N) is 1. The molecule has 0 aromatic carbocycles. The Morgan fingerprint density at radius 1 is 1.46 bits per heavy atom. The van der Waals surface area contributed by atoms with E-state index in [9.17, 15) is 0 Å². The van der Waals surface area contributed by atoms with Crippen molar-refractivity contribution >= 4 is 5.84 Å². The van der Waals surface area contributed by atoms with E-state index in [0.717, 1.165) is 5.56 Å². The van der Waals surface area contributed by atoms with Gasteiger partial charge in [0.15, 0.2) is 0 Å². The Bertz CT molecular complexity index is 279. The van der Waals surface area contributed by atoms with Gasteiger partial charge in [-0.05, 0) is 26.0 Å². The molecule has 0 saturated carbocycles. The second kappa shape index (κ2) is 4.57. The number of hydrazine groups is 1. The van der Waals surface area contributed by atoms with E-state index in [1.54, 1.807) is 12.4 Å². The summed E-state index contributed by atoms with van der Waals surface area (Å²) in [5.74, 6) is 6.04. The predicted octanol–water partition coefficient (Wildman–Crippen LogP) is 0.700. The Morgan fingerprint density at radius 3 is 2.54 bits per heavy atom. The Kier molecular flexibility index (Phi) is 3.40. The average Bonchev–Trinajstić information content (AvgIpc) is 2.15. The van der Waals surface area contributed by atoms with Crippen LogP contribution in [0.3, 0.4) is 0 Å². The van der Waals surface area contributed by atoms with Crippen LogP contribution in [0.1, 0.15) is 19.4 Å². The minimum Gasteiger partial charge on any atom is -0.308 e. The van der Waals surface area contributed by atoms with E-state index in [1.807, 2.05) is 26.0 Å². The molecule has 1 rings (SSSR count). The highest BCUT2D eigenvalue weighted by Gasteiger charge is 2.00. The van der Waals surface area contributed by atoms with Gasteiger partial charge in [-0.1, -0.05) is 0 Å². The summed E-state index contributed by atoms with van der Waals surface area (Å²) >= 11 is 0. The Labute approximate surface area is 77.9 Å². The van der Waals surface area contributed by atoms with Gasteiger partial charge in [-0.3, -0.25) is 9.98 Å². The summed E-state index contributed by atoms with van der Waals surface area (Å²) in [5, 5.41) is 0. The molecular formula is C9H14N4. The Morgan fingerprint density at radius 2 is 2.08 bits per heavy atom. The van der Waals surface area contributed by atoms with Crippen molar-refractivity contribution in [1.82, 2.24) is 10.4 Å². The first-order chi connectivity index (χ1) is 6.24. The molecule has 0 fully saturated rings. The maximum Gasteiger partial charge on any atom is 0.142 e. The van der Waals surface area contributed by atoms with E-state index in [0.29, 0.717) is 5.84 Å². The summed E-state index contributed by atoms with van der Waals surface area (Å²) < 4.78 is 0. The van der Waals surface area contributed by atoms with Crippen molar-refractivity contribution in [1.29, 1.82) is 0 Å². The molecule has 70 valence electrons. The SMILES string of the molecule is CC(C)N=C(NN)c1ccncc1. The molecule has 4 heteroatoms. The monoisotopic (exact) mass is 178 g/mol. The minimum atomic E-state index is 0.221. The van der Waals surface area contributed by atoms with Gasteiger partial charge in [0.05, 0.1) is 0 Å². The minimum absolute atomic E-state index is 0.221. The van der Waals surface area contributed by atoms with Gasteiger partial charge in [0.1, 0.15) is 5.84 Å². The summed E-state index contributed by atoms with van der Waals surface area (Å²) in [5.41, 5.74) is 3.52. The van der Waals surface area contributed by atoms with Gasteiger partial charge in [-0.2, -0.15) is 0 Å². The lowest BCUT2D eigenvalue weighted by molar-refractivity contribution is 0.820. The van der Waals surface area contributed by atoms with E-state index in [4.69, 9.17) is 5.84 Å². The molecule has 1 aromatic heterocycles. The fraction of sp³-hybridized carbons (Fsp3) is 0.333. The molecule has 0 aliphatic rings. The zero-order valence-electron chi connectivity index (χ0n) is 7.86. The van der Waals surface area contributed by atoms with Gasteiger partial charge in [0.25, 0.3) is 0 Å². The number of nitrogens with two attached hydrogens (primary N) is 1. The topological polar surface area (TPSA) is 63.3 Å². The maximum atomic E-state index is 5.35. The molecule has 0 saturated heterocycles. The van der Waals surface area contributed by atoms with Crippen molar-refractivity contribution in [3.05, 3.63) is 30.1 Å². The van der Waals surface area contributed by atoms with Crippen molar-refractivity contribution in [2.45, 2.75) is 19.9 Å². The van der Waals surface area contributed by atoms with Crippen LogP contribution in [0.25, 0.3) is 0 Å². The standard InChI is InChI=1S/C9H14N4/c1-7(2)12-9(13-10)8-3-5-11-6-4-8/h3-7H,10H2,1-2H3,(H,12,13). The maximum absolute atomic E-state index is 5.35. The molecule has 0 radical (unpaired) electrons. The average molecular weight is 178 g/mol. The molecule has 0 unspecified atom stereocenters. The van der Waals surface area contributed by atoms with Crippen molar-refractivity contribution in [2.24, 2.45) is 10.8 Å². The van der Waals surface area contributed by atoms with Gasteiger partial charge in [0.2, 0.25) is 0 Å². The lowest BCUT2D eigenvalue weighted by Gasteiger charge is -2.06. The first-order valence-electron chi connectivity index (χ1n) is 4.19. The fourth-order valence-electron chi connectivity index (χ4n) is 0.963. The van der Waals surface area contributed by atoms with Gasteiger partial charge in [0, 0.05) is 24.0 Å². The third-order valence-corrected chi connectivity index (χ3v) is 1.48. The number of pyridine rings is 1. The number of rotatable bonds is 2. The summed E-state index contributed by atoms with van der Waals surface area (Å²) in [7, 11) is 0. The highest BCUT2D eigenvalue weighted by molar-refractivity contribution is 5.98. The van der Waals surface area contributed by atoms with Gasteiger partial charge in [-0.15, -0.1) is 0 Å². The van der Waals surface area contributed by atoms with Crippen molar-refractivity contribution in [3.8, 4) is 0 Å². The van der Waals surface area contributed by atoms with E-state index in [-0.39, 0.29) is 6.04 Å². The summed E-state index contributed by atoms with van der Waals surface area (Å²) in [6, 6.07) is 3.95. The molecule has 0 atom stereocenters. The predicted molar refractivity (Wildman–Crippen MR) is 53.2 cm³/mol. The molecule has 13 heavy (non-hydrogen) atoms. The van der Waals surface area contributed by atoms with Crippen LogP contribution >= 0.6 is 0 Å². The second-order valence-corrected chi connectivity index (χ2v) is 2.95. The summed E-state index contributed by atoms with van der Waals surface area (Å²) in [4.78, 5) is 8.24. The van der Waals surface area contributed by atoms with Crippen LogP contribution in [0.15, 0.2) is 29.5 Å². The highest BCUT2D eigenvalue weighted by Crippen LogP contribution is 1.98. The molecule has 0 spiro atoms. The zero-order valence-corrected chi connectivity index (χ0v) is 7.86. The molecule has 0 aliphatic heterocycles. The molecule has 0 bridgehead atoms. The van der Waals surface area contributed by atoms with Crippen LogP contribution in [0, 0.1) is 0 Å². The molecule has 1 heterocycles. The van der Waals surface area contributed by atoms with Crippen LogP contribution in [0.5, 0.6) is 0 Å². The Hall–Kier alpha value is -1.42. The first kappa shape index (κ1) is 9.67. The second-order valence-electron chi connectivity index (χ2n) is 2.95. The molecule has 3 N–H and O–H groups in total. The number of aliphatic imine (C=N–C) groups is 1. The van der Waals surface area contributed by atoms with Gasteiger partial charge < -0.3 is 5.43 Å². The molecule has 1 aromatic rings. The quantitative estimate of drug-likeness (QED) is 0.303. The van der Waals surface area contributed by atoms with E-state index < -0.39 is 0 Å². The fourth-order valence-corrected chi connectivity index (χ4v) is 0.963. The molecule has 4 nitrogen and oxygen atoms in total. The van der Waals surface area contributed by atoms with Crippen LogP contribution < -0.4 is 11.3 Å². The van der Waals surface area contributed by atoms with Crippen LogP contribution in [-0.2, 0) is 0 Å². The smallest absolute Gasteiger partial charge is 0.142 e. The number of aromatic nitrogens is 1. The van der Waals surface area contributed by atoms with E-state index in [2.05, 4.69) is 15.4 Å². The van der Waals surface area contributed by atoms with Crippen molar-refractivity contribution in [2.75, 3.05) is 0 Å². The normalized spacial score (nSPS) is 11.8. The number of hydrogen-bond acceptors (Lipinski definition) is 3. The summed E-state index contributed by atoms with van der Waals surface area (Å²) in [6.45, 7) is 4.00. The van der Waals surface area contributed by atoms with E-state index >= 15 is 0 Å². The highest BCUT2D eigenvalue weighted by atomic mass is 15.3. The van der Waals surface area contributed by atoms with Crippen LogP contribution in [0.2, 0.25) is 0 Å². The largest absolute Gasteiger partial charge is 0.308 e. The summed E-state index contributed by atoms with van der Waals surface area (Å²) in [6.07, 6.45) is 3.42. The first-order valence-corrected chi connectivity index (χ1v) is 4.19. The van der Waals surface area contributed by atoms with Crippen LogP contribution in [0.4, 0.5) is 0 Å². The zero-order chi connectivity index (χ0) is 9.68. The van der Waals surface area contributed by atoms with Crippen molar-refractivity contribution < 1.29 is 0 Å².